The molecule has 1 amide bonds. The molecule has 0 aliphatic rings. The Hall–Kier alpha value is -2.16. The van der Waals surface area contributed by atoms with Crippen molar-refractivity contribution in [1.82, 2.24) is 24.5 Å². The van der Waals surface area contributed by atoms with Crippen molar-refractivity contribution in [2.75, 3.05) is 13.7 Å². The maximum Gasteiger partial charge on any atom is 0.356 e. The van der Waals surface area contributed by atoms with Crippen LogP contribution in [0.5, 0.6) is 0 Å². The van der Waals surface area contributed by atoms with E-state index in [4.69, 9.17) is 4.74 Å². The molecule has 0 radical (unpaired) electrons. The molecule has 2 aromatic heterocycles. The Morgan fingerprint density at radius 1 is 1.35 bits per heavy atom. The van der Waals surface area contributed by atoms with Gasteiger partial charge in [-0.25, -0.2) is 4.79 Å². The van der Waals surface area contributed by atoms with Gasteiger partial charge in [-0.05, 0) is 22.9 Å². The largest absolute Gasteiger partial charge is 0.461 e. The van der Waals surface area contributed by atoms with Crippen LogP contribution in [0.3, 0.4) is 0 Å². The number of hydrogen-bond donors (Lipinski definition) is 0. The van der Waals surface area contributed by atoms with E-state index in [0.717, 1.165) is 10.2 Å². The van der Waals surface area contributed by atoms with Gasteiger partial charge in [0.15, 0.2) is 5.69 Å². The Balaban J connectivity index is 2.17. The van der Waals surface area contributed by atoms with Crippen molar-refractivity contribution in [3.63, 3.8) is 0 Å². The smallest absolute Gasteiger partial charge is 0.356 e. The summed E-state index contributed by atoms with van der Waals surface area (Å²) in [5.74, 6) is -0.789. The molecule has 124 valence electrons. The van der Waals surface area contributed by atoms with E-state index in [-0.39, 0.29) is 23.9 Å². The normalized spacial score (nSPS) is 10.7. The van der Waals surface area contributed by atoms with Gasteiger partial charge < -0.3 is 9.64 Å². The molecule has 0 saturated heterocycles. The van der Waals surface area contributed by atoms with Gasteiger partial charge in [0, 0.05) is 27.2 Å². The van der Waals surface area contributed by atoms with Crippen LogP contribution in [-0.2, 0) is 25.4 Å². The van der Waals surface area contributed by atoms with E-state index in [1.54, 1.807) is 38.9 Å². The number of ether oxygens (including phenoxy) is 1. The first kappa shape index (κ1) is 17.2. The van der Waals surface area contributed by atoms with E-state index >= 15 is 0 Å². The zero-order valence-corrected chi connectivity index (χ0v) is 15.0. The van der Waals surface area contributed by atoms with Gasteiger partial charge >= 0.3 is 5.97 Å². The van der Waals surface area contributed by atoms with Crippen LogP contribution in [0, 0.1) is 0 Å². The van der Waals surface area contributed by atoms with Crippen molar-refractivity contribution in [3.8, 4) is 0 Å². The van der Waals surface area contributed by atoms with Gasteiger partial charge in [-0.3, -0.25) is 14.2 Å². The number of hydrogen-bond acceptors (Lipinski definition) is 5. The van der Waals surface area contributed by atoms with Crippen molar-refractivity contribution in [2.24, 2.45) is 14.1 Å². The lowest BCUT2D eigenvalue weighted by molar-refractivity contribution is 0.0513. The van der Waals surface area contributed by atoms with Crippen LogP contribution in [0.1, 0.15) is 33.6 Å². The number of aryl methyl sites for hydroxylation is 2. The van der Waals surface area contributed by atoms with Crippen LogP contribution >= 0.6 is 15.9 Å². The second kappa shape index (κ2) is 6.95. The van der Waals surface area contributed by atoms with E-state index in [0.29, 0.717) is 6.54 Å². The SMILES string of the molecule is CCOC(=O)c1cc(C(=O)N(C)Cc2c(Br)cnn2C)nn1C. The zero-order chi connectivity index (χ0) is 17.1. The van der Waals surface area contributed by atoms with Crippen LogP contribution in [-0.4, -0.2) is 50.0 Å². The Morgan fingerprint density at radius 3 is 2.61 bits per heavy atom. The number of aromatic nitrogens is 4. The number of esters is 1. The molecule has 0 aromatic carbocycles. The quantitative estimate of drug-likeness (QED) is 0.728. The second-order valence-electron chi connectivity index (χ2n) is 4.98. The highest BCUT2D eigenvalue weighted by molar-refractivity contribution is 9.10. The van der Waals surface area contributed by atoms with E-state index in [1.807, 2.05) is 0 Å². The Bertz CT molecular complexity index is 717. The van der Waals surface area contributed by atoms with Crippen molar-refractivity contribution >= 4 is 27.8 Å². The van der Waals surface area contributed by atoms with E-state index in [9.17, 15) is 9.59 Å². The Labute approximate surface area is 142 Å². The van der Waals surface area contributed by atoms with Crippen LogP contribution in [0.15, 0.2) is 16.7 Å². The molecule has 9 heteroatoms. The van der Waals surface area contributed by atoms with E-state index in [1.165, 1.54) is 15.6 Å². The summed E-state index contributed by atoms with van der Waals surface area (Å²) < 4.78 is 8.80. The van der Waals surface area contributed by atoms with Crippen LogP contribution in [0.25, 0.3) is 0 Å². The lowest BCUT2D eigenvalue weighted by atomic mass is 10.3. The summed E-state index contributed by atoms with van der Waals surface area (Å²) in [6.07, 6.45) is 1.67. The summed E-state index contributed by atoms with van der Waals surface area (Å²) in [5, 5.41) is 8.21. The molecular formula is C14H18BrN5O3. The first-order valence-electron chi connectivity index (χ1n) is 6.98. The fourth-order valence-electron chi connectivity index (χ4n) is 2.07. The lowest BCUT2D eigenvalue weighted by Crippen LogP contribution is -2.27. The second-order valence-corrected chi connectivity index (χ2v) is 5.84. The third kappa shape index (κ3) is 3.61. The molecule has 0 atom stereocenters. The minimum absolute atomic E-state index is 0.191. The van der Waals surface area contributed by atoms with Crippen molar-refractivity contribution in [2.45, 2.75) is 13.5 Å². The van der Waals surface area contributed by atoms with Gasteiger partial charge in [0.1, 0.15) is 5.69 Å². The third-order valence-corrected chi connectivity index (χ3v) is 3.99. The van der Waals surface area contributed by atoms with Crippen molar-refractivity contribution in [3.05, 3.63) is 33.8 Å². The van der Waals surface area contributed by atoms with Gasteiger partial charge in [0.2, 0.25) is 0 Å². The fraction of sp³-hybridized carbons (Fsp3) is 0.429. The van der Waals surface area contributed by atoms with E-state index in [2.05, 4.69) is 26.1 Å². The molecule has 0 bridgehead atoms. The molecule has 0 saturated carbocycles. The Morgan fingerprint density at radius 2 is 2.04 bits per heavy atom. The van der Waals surface area contributed by atoms with Gasteiger partial charge in [-0.15, -0.1) is 0 Å². The molecule has 2 heterocycles. The Kier molecular flexibility index (Phi) is 5.19. The van der Waals surface area contributed by atoms with Gasteiger partial charge in [-0.2, -0.15) is 10.2 Å². The molecule has 0 fully saturated rings. The average molecular weight is 384 g/mol. The predicted molar refractivity (Wildman–Crippen MR) is 85.9 cm³/mol. The van der Waals surface area contributed by atoms with Crippen LogP contribution < -0.4 is 0 Å². The summed E-state index contributed by atoms with van der Waals surface area (Å²) in [4.78, 5) is 25.8. The summed E-state index contributed by atoms with van der Waals surface area (Å²) >= 11 is 3.40. The third-order valence-electron chi connectivity index (χ3n) is 3.33. The van der Waals surface area contributed by atoms with Gasteiger partial charge in [-0.1, -0.05) is 0 Å². The molecule has 0 aliphatic carbocycles. The summed E-state index contributed by atoms with van der Waals surface area (Å²) in [6, 6.07) is 1.44. The summed E-state index contributed by atoms with van der Waals surface area (Å²) in [5.41, 5.74) is 1.30. The minimum atomic E-state index is -0.501. The summed E-state index contributed by atoms with van der Waals surface area (Å²) in [7, 11) is 5.07. The molecule has 0 spiro atoms. The predicted octanol–water partition coefficient (Wildman–Crippen LogP) is 1.37. The maximum atomic E-state index is 12.5. The molecule has 8 nitrogen and oxygen atoms in total. The monoisotopic (exact) mass is 383 g/mol. The maximum absolute atomic E-state index is 12.5. The van der Waals surface area contributed by atoms with Crippen molar-refractivity contribution < 1.29 is 14.3 Å². The van der Waals surface area contributed by atoms with E-state index < -0.39 is 5.97 Å². The molecule has 0 N–H and O–H groups in total. The molecular weight excluding hydrogens is 366 g/mol. The van der Waals surface area contributed by atoms with Crippen molar-refractivity contribution in [1.29, 1.82) is 0 Å². The highest BCUT2D eigenvalue weighted by Gasteiger charge is 2.22. The number of carbonyl (C=O) groups is 2. The molecule has 23 heavy (non-hydrogen) atoms. The van der Waals surface area contributed by atoms with Gasteiger partial charge in [0.25, 0.3) is 5.91 Å². The lowest BCUT2D eigenvalue weighted by Gasteiger charge is -2.16. The molecule has 0 unspecified atom stereocenters. The highest BCUT2D eigenvalue weighted by atomic mass is 79.9. The average Bonchev–Trinajstić information content (AvgIpc) is 3.04. The number of halogens is 1. The van der Waals surface area contributed by atoms with Crippen LogP contribution in [0.2, 0.25) is 0 Å². The zero-order valence-electron chi connectivity index (χ0n) is 13.4. The molecule has 0 aliphatic heterocycles. The number of carbonyl (C=O) groups excluding carboxylic acids is 2. The first-order chi connectivity index (χ1) is 10.8. The number of nitrogens with zero attached hydrogens (tertiary/aromatic N) is 5. The topological polar surface area (TPSA) is 82.2 Å². The first-order valence-corrected chi connectivity index (χ1v) is 7.77. The summed E-state index contributed by atoms with van der Waals surface area (Å²) in [6.45, 7) is 2.35. The standard InChI is InChI=1S/C14H18BrN5O3/c1-5-23-14(22)11-6-10(17-20(11)4)13(21)18(2)8-12-9(15)7-16-19(12)3/h6-7H,5,8H2,1-4H3. The highest BCUT2D eigenvalue weighted by Crippen LogP contribution is 2.17. The number of rotatable bonds is 5. The molecule has 2 rings (SSSR count). The molecule has 2 aromatic rings. The fourth-order valence-corrected chi connectivity index (χ4v) is 2.55. The minimum Gasteiger partial charge on any atom is -0.461 e. The van der Waals surface area contributed by atoms with Gasteiger partial charge in [0.05, 0.1) is 29.5 Å². The van der Waals surface area contributed by atoms with Crippen LogP contribution in [0.4, 0.5) is 0 Å². The number of amides is 1.